The molecule has 1 unspecified atom stereocenters. The van der Waals surface area contributed by atoms with Gasteiger partial charge in [0.05, 0.1) is 7.11 Å². The van der Waals surface area contributed by atoms with Gasteiger partial charge in [-0.1, -0.05) is 48.5 Å². The predicted octanol–water partition coefficient (Wildman–Crippen LogP) is 3.21. The van der Waals surface area contributed by atoms with Gasteiger partial charge in [-0.2, -0.15) is 0 Å². The van der Waals surface area contributed by atoms with E-state index in [1.165, 1.54) is 7.11 Å². The molecule has 0 bridgehead atoms. The van der Waals surface area contributed by atoms with E-state index < -0.39 is 17.1 Å². The van der Waals surface area contributed by atoms with Gasteiger partial charge in [-0.25, -0.2) is 4.79 Å². The number of esters is 1. The van der Waals surface area contributed by atoms with Crippen LogP contribution in [0.15, 0.2) is 75.0 Å². The normalized spacial score (nSPS) is 11.8. The smallest absolute Gasteiger partial charge is 0.382 e. The Morgan fingerprint density at radius 3 is 2.40 bits per heavy atom. The third-order valence-electron chi connectivity index (χ3n) is 3.35. The van der Waals surface area contributed by atoms with Crippen LogP contribution in [0.4, 0.5) is 0 Å². The van der Waals surface area contributed by atoms with Crippen molar-refractivity contribution in [2.45, 2.75) is 16.4 Å². The summed E-state index contributed by atoms with van der Waals surface area (Å²) in [6.07, 6.45) is 0. The van der Waals surface area contributed by atoms with Gasteiger partial charge in [0.25, 0.3) is 4.90 Å². The Kier molecular flexibility index (Phi) is 5.37. The second kappa shape index (κ2) is 7.87. The lowest BCUT2D eigenvalue weighted by atomic mass is 10.2. The second-order valence-electron chi connectivity index (χ2n) is 4.99. The zero-order valence-corrected chi connectivity index (χ0v) is 14.2. The number of methoxy groups -OCH3 is 1. The predicted molar refractivity (Wildman–Crippen MR) is 89.7 cm³/mol. The molecule has 3 aromatic rings. The summed E-state index contributed by atoms with van der Waals surface area (Å²) in [5.41, 5.74) is 0.904. The number of hydrogen-bond donors (Lipinski definition) is 0. The Bertz CT molecular complexity index is 835. The minimum atomic E-state index is -1.70. The summed E-state index contributed by atoms with van der Waals surface area (Å²) in [4.78, 5) is 12.5. The molecule has 7 heteroatoms. The molecule has 0 N–H and O–H groups in total. The molecule has 2 aromatic carbocycles. The zero-order valence-electron chi connectivity index (χ0n) is 13.4. The SMILES string of the molecule is COC(=O)c1onc(OCc2ccccc2)c1[S+]([O-])c1ccccc1. The number of benzene rings is 2. The Labute approximate surface area is 147 Å². The molecule has 0 radical (unpaired) electrons. The molecular weight excluding hydrogens is 342 g/mol. The molecule has 0 saturated carbocycles. The standard InChI is InChI=1S/C18H15NO5S/c1-22-18(20)15-16(25(21)14-10-6-3-7-11-14)17(19-24-15)23-12-13-8-4-2-5-9-13/h2-11H,12H2,1H3. The van der Waals surface area contributed by atoms with Crippen LogP contribution in [-0.4, -0.2) is 22.8 Å². The van der Waals surface area contributed by atoms with Gasteiger partial charge in [0.15, 0.2) is 4.90 Å². The summed E-state index contributed by atoms with van der Waals surface area (Å²) >= 11 is -1.70. The van der Waals surface area contributed by atoms with Crippen LogP contribution in [0.2, 0.25) is 0 Å². The van der Waals surface area contributed by atoms with Crippen molar-refractivity contribution in [1.29, 1.82) is 0 Å². The van der Waals surface area contributed by atoms with Crippen molar-refractivity contribution in [3.05, 3.63) is 72.0 Å². The van der Waals surface area contributed by atoms with E-state index in [1.54, 1.807) is 24.3 Å². The van der Waals surface area contributed by atoms with Gasteiger partial charge in [-0.05, 0) is 22.9 Å². The average Bonchev–Trinajstić information content (AvgIpc) is 3.10. The fraction of sp³-hybridized carbons (Fsp3) is 0.111. The van der Waals surface area contributed by atoms with Crippen LogP contribution >= 0.6 is 0 Å². The number of rotatable bonds is 6. The maximum atomic E-state index is 12.9. The molecule has 0 amide bonds. The van der Waals surface area contributed by atoms with Crippen LogP contribution in [0.3, 0.4) is 0 Å². The minimum absolute atomic E-state index is 0.00596. The molecule has 0 aliphatic carbocycles. The second-order valence-corrected chi connectivity index (χ2v) is 6.41. The van der Waals surface area contributed by atoms with Crippen LogP contribution in [0, 0.1) is 0 Å². The van der Waals surface area contributed by atoms with Gasteiger partial charge in [0, 0.05) is 11.2 Å². The van der Waals surface area contributed by atoms with Crippen molar-refractivity contribution >= 4 is 17.1 Å². The first-order valence-electron chi connectivity index (χ1n) is 7.42. The van der Waals surface area contributed by atoms with Crippen molar-refractivity contribution in [1.82, 2.24) is 5.16 Å². The molecule has 6 nitrogen and oxygen atoms in total. The van der Waals surface area contributed by atoms with E-state index in [0.29, 0.717) is 4.90 Å². The highest BCUT2D eigenvalue weighted by molar-refractivity contribution is 7.91. The lowest BCUT2D eigenvalue weighted by molar-refractivity contribution is 0.0548. The molecule has 1 atom stereocenters. The Balaban J connectivity index is 1.92. The van der Waals surface area contributed by atoms with Crippen LogP contribution in [0.25, 0.3) is 0 Å². The van der Waals surface area contributed by atoms with E-state index >= 15 is 0 Å². The topological polar surface area (TPSA) is 84.6 Å². The molecule has 0 spiro atoms. The molecule has 0 aliphatic heterocycles. The fourth-order valence-corrected chi connectivity index (χ4v) is 3.32. The maximum absolute atomic E-state index is 12.9. The molecule has 0 fully saturated rings. The van der Waals surface area contributed by atoms with Crippen molar-refractivity contribution < 1.29 is 23.3 Å². The zero-order chi connectivity index (χ0) is 17.6. The van der Waals surface area contributed by atoms with E-state index in [1.807, 2.05) is 36.4 Å². The summed E-state index contributed by atoms with van der Waals surface area (Å²) in [6, 6.07) is 18.1. The molecule has 3 rings (SSSR count). The first kappa shape index (κ1) is 17.1. The third-order valence-corrected chi connectivity index (χ3v) is 4.78. The first-order chi connectivity index (χ1) is 12.2. The van der Waals surface area contributed by atoms with Crippen molar-refractivity contribution in [2.75, 3.05) is 7.11 Å². The number of ether oxygens (including phenoxy) is 2. The van der Waals surface area contributed by atoms with E-state index in [-0.39, 0.29) is 23.1 Å². The summed E-state index contributed by atoms with van der Waals surface area (Å²) in [5, 5.41) is 3.76. The molecule has 1 aromatic heterocycles. The van der Waals surface area contributed by atoms with Gasteiger partial charge in [-0.3, -0.25) is 0 Å². The Morgan fingerprint density at radius 1 is 1.12 bits per heavy atom. The molecule has 0 saturated heterocycles. The van der Waals surface area contributed by atoms with Gasteiger partial charge >= 0.3 is 17.6 Å². The number of aromatic nitrogens is 1. The highest BCUT2D eigenvalue weighted by Gasteiger charge is 2.35. The molecule has 1 heterocycles. The highest BCUT2D eigenvalue weighted by Crippen LogP contribution is 2.33. The Hall–Kier alpha value is -2.77. The fourth-order valence-electron chi connectivity index (χ4n) is 2.13. The Morgan fingerprint density at radius 2 is 1.76 bits per heavy atom. The van der Waals surface area contributed by atoms with E-state index in [4.69, 9.17) is 9.26 Å². The monoisotopic (exact) mass is 357 g/mol. The number of nitrogens with zero attached hydrogens (tertiary/aromatic N) is 1. The summed E-state index contributed by atoms with van der Waals surface area (Å²) in [7, 11) is 1.21. The van der Waals surface area contributed by atoms with Gasteiger partial charge in [0.1, 0.15) is 6.61 Å². The van der Waals surface area contributed by atoms with Gasteiger partial charge in [-0.15, -0.1) is 0 Å². The molecular formula is C18H15NO5S. The lowest BCUT2D eigenvalue weighted by Crippen LogP contribution is -2.10. The summed E-state index contributed by atoms with van der Waals surface area (Å²) in [6.45, 7) is 0.201. The summed E-state index contributed by atoms with van der Waals surface area (Å²) < 4.78 is 28.3. The van der Waals surface area contributed by atoms with E-state index in [2.05, 4.69) is 9.89 Å². The average molecular weight is 357 g/mol. The largest absolute Gasteiger partial charge is 0.606 e. The maximum Gasteiger partial charge on any atom is 0.382 e. The van der Waals surface area contributed by atoms with Crippen molar-refractivity contribution in [3.8, 4) is 5.88 Å². The van der Waals surface area contributed by atoms with E-state index in [9.17, 15) is 9.35 Å². The van der Waals surface area contributed by atoms with Crippen LogP contribution in [0.1, 0.15) is 16.1 Å². The van der Waals surface area contributed by atoms with E-state index in [0.717, 1.165) is 5.56 Å². The third kappa shape index (κ3) is 3.84. The van der Waals surface area contributed by atoms with Crippen LogP contribution in [0.5, 0.6) is 5.88 Å². The first-order valence-corrected chi connectivity index (χ1v) is 8.57. The van der Waals surface area contributed by atoms with Crippen LogP contribution < -0.4 is 4.74 Å². The quantitative estimate of drug-likeness (QED) is 0.497. The number of hydrogen-bond acceptors (Lipinski definition) is 6. The van der Waals surface area contributed by atoms with Gasteiger partial charge in [0.2, 0.25) is 0 Å². The molecule has 25 heavy (non-hydrogen) atoms. The molecule has 0 aliphatic rings. The molecule has 128 valence electrons. The highest BCUT2D eigenvalue weighted by atomic mass is 32.2. The lowest BCUT2D eigenvalue weighted by Gasteiger charge is -2.10. The number of carbonyl (C=O) groups is 1. The van der Waals surface area contributed by atoms with Gasteiger partial charge < -0.3 is 18.5 Å². The van der Waals surface area contributed by atoms with Crippen molar-refractivity contribution in [3.63, 3.8) is 0 Å². The summed E-state index contributed by atoms with van der Waals surface area (Å²) in [5.74, 6) is -0.986. The van der Waals surface area contributed by atoms with Crippen molar-refractivity contribution in [2.24, 2.45) is 0 Å². The van der Waals surface area contributed by atoms with Crippen LogP contribution in [-0.2, 0) is 22.5 Å². The number of carbonyl (C=O) groups excluding carboxylic acids is 1. The minimum Gasteiger partial charge on any atom is -0.606 e.